The molecule has 0 unspecified atom stereocenters. The Balaban J connectivity index is 1.72. The van der Waals surface area contributed by atoms with Gasteiger partial charge in [-0.2, -0.15) is 0 Å². The van der Waals surface area contributed by atoms with E-state index in [0.717, 1.165) is 37.3 Å². The van der Waals surface area contributed by atoms with Gasteiger partial charge in [0.25, 0.3) is 0 Å². The maximum atomic E-state index is 11.6. The minimum absolute atomic E-state index is 0.151. The molecule has 1 fully saturated rings. The molecule has 1 amide bonds. The summed E-state index contributed by atoms with van der Waals surface area (Å²) in [5.41, 5.74) is 2.10. The van der Waals surface area contributed by atoms with Crippen LogP contribution < -0.4 is 16.0 Å². The highest BCUT2D eigenvalue weighted by atomic mass is 16.2. The van der Waals surface area contributed by atoms with Crippen LogP contribution in [0.2, 0.25) is 0 Å². The first-order valence-electron chi connectivity index (χ1n) is 7.34. The summed E-state index contributed by atoms with van der Waals surface area (Å²) in [6.45, 7) is 8.27. The van der Waals surface area contributed by atoms with Gasteiger partial charge in [-0.05, 0) is 57.9 Å². The largest absolute Gasteiger partial charge is 0.384 e. The fourth-order valence-corrected chi connectivity index (χ4v) is 1.91. The zero-order valence-electron chi connectivity index (χ0n) is 12.6. The van der Waals surface area contributed by atoms with Crippen LogP contribution in [0.4, 0.5) is 11.4 Å². The van der Waals surface area contributed by atoms with Crippen molar-refractivity contribution in [3.8, 4) is 0 Å². The van der Waals surface area contributed by atoms with Crippen LogP contribution in [0, 0.1) is 5.92 Å². The third kappa shape index (κ3) is 5.21. The molecule has 1 aromatic rings. The summed E-state index contributed by atoms with van der Waals surface area (Å²) in [6.07, 6.45) is 2.07. The highest BCUT2D eigenvalue weighted by molar-refractivity contribution is 5.94. The van der Waals surface area contributed by atoms with Crippen molar-refractivity contribution in [1.29, 1.82) is 0 Å². The topological polar surface area (TPSA) is 53.2 Å². The molecule has 4 nitrogen and oxygen atoms in total. The lowest BCUT2D eigenvalue weighted by atomic mass is 10.1. The fraction of sp³-hybridized carbons (Fsp3) is 0.562. The van der Waals surface area contributed by atoms with Crippen molar-refractivity contribution in [3.63, 3.8) is 0 Å². The number of rotatable bonds is 6. The molecule has 3 N–H and O–H groups in total. The fourth-order valence-electron chi connectivity index (χ4n) is 1.91. The van der Waals surface area contributed by atoms with Gasteiger partial charge in [0.05, 0.1) is 0 Å². The average molecular weight is 275 g/mol. The summed E-state index contributed by atoms with van der Waals surface area (Å²) < 4.78 is 0. The maximum absolute atomic E-state index is 11.6. The second-order valence-corrected chi connectivity index (χ2v) is 6.44. The van der Waals surface area contributed by atoms with Crippen LogP contribution in [0.3, 0.4) is 0 Å². The molecule has 4 heteroatoms. The van der Waals surface area contributed by atoms with Crippen molar-refractivity contribution in [2.75, 3.05) is 23.7 Å². The average Bonchev–Trinajstić information content (AvgIpc) is 3.19. The second-order valence-electron chi connectivity index (χ2n) is 6.44. The van der Waals surface area contributed by atoms with E-state index in [-0.39, 0.29) is 17.4 Å². The monoisotopic (exact) mass is 275 g/mol. The molecule has 1 aliphatic rings. The van der Waals surface area contributed by atoms with Gasteiger partial charge in [0.15, 0.2) is 0 Å². The number of anilines is 2. The zero-order chi connectivity index (χ0) is 14.6. The molecule has 1 aromatic carbocycles. The summed E-state index contributed by atoms with van der Waals surface area (Å²) in [6, 6.07) is 7.89. The number of hydrogen-bond acceptors (Lipinski definition) is 3. The Hall–Kier alpha value is -1.55. The molecular formula is C16H25N3O. The van der Waals surface area contributed by atoms with Gasteiger partial charge in [0.2, 0.25) is 5.91 Å². The van der Waals surface area contributed by atoms with Crippen LogP contribution in [0.1, 0.15) is 33.6 Å². The van der Waals surface area contributed by atoms with E-state index >= 15 is 0 Å². The van der Waals surface area contributed by atoms with Crippen LogP contribution in [0.25, 0.3) is 0 Å². The van der Waals surface area contributed by atoms with E-state index in [9.17, 15) is 4.79 Å². The van der Waals surface area contributed by atoms with Gasteiger partial charge < -0.3 is 16.0 Å². The van der Waals surface area contributed by atoms with E-state index in [4.69, 9.17) is 0 Å². The van der Waals surface area contributed by atoms with Crippen molar-refractivity contribution in [1.82, 2.24) is 5.32 Å². The lowest BCUT2D eigenvalue weighted by Gasteiger charge is -2.20. The minimum Gasteiger partial charge on any atom is -0.384 e. The third-order valence-electron chi connectivity index (χ3n) is 3.21. The molecular weight excluding hydrogens is 250 g/mol. The molecule has 0 heterocycles. The predicted octanol–water partition coefficient (Wildman–Crippen LogP) is 2.84. The number of amides is 1. The Morgan fingerprint density at radius 3 is 2.25 bits per heavy atom. The molecule has 0 bridgehead atoms. The molecule has 0 aromatic heterocycles. The Morgan fingerprint density at radius 2 is 1.70 bits per heavy atom. The quantitative estimate of drug-likeness (QED) is 0.700. The lowest BCUT2D eigenvalue weighted by Crippen LogP contribution is -2.38. The van der Waals surface area contributed by atoms with E-state index in [0.29, 0.717) is 0 Å². The number of benzene rings is 1. The summed E-state index contributed by atoms with van der Waals surface area (Å²) in [4.78, 5) is 11.6. The van der Waals surface area contributed by atoms with Crippen LogP contribution >= 0.6 is 0 Å². The smallest absolute Gasteiger partial charge is 0.227 e. The van der Waals surface area contributed by atoms with Gasteiger partial charge in [0, 0.05) is 35.9 Å². The molecule has 2 rings (SSSR count). The Morgan fingerprint density at radius 1 is 1.10 bits per heavy atom. The summed E-state index contributed by atoms with van der Waals surface area (Å²) in [7, 11) is 0. The van der Waals surface area contributed by atoms with Gasteiger partial charge >= 0.3 is 0 Å². The van der Waals surface area contributed by atoms with Crippen molar-refractivity contribution in [2.45, 2.75) is 39.2 Å². The van der Waals surface area contributed by atoms with Crippen molar-refractivity contribution in [2.24, 2.45) is 5.92 Å². The van der Waals surface area contributed by atoms with E-state index in [1.54, 1.807) is 0 Å². The maximum Gasteiger partial charge on any atom is 0.227 e. The van der Waals surface area contributed by atoms with Gasteiger partial charge in [-0.15, -0.1) is 0 Å². The first kappa shape index (κ1) is 14.9. The molecule has 0 saturated heterocycles. The number of carbonyl (C=O) groups is 1. The second kappa shape index (κ2) is 6.27. The van der Waals surface area contributed by atoms with Crippen molar-refractivity contribution in [3.05, 3.63) is 24.3 Å². The SMILES string of the molecule is CC(C)(C)NCCNc1ccc(NC(=O)C2CC2)cc1. The molecule has 110 valence electrons. The first-order valence-corrected chi connectivity index (χ1v) is 7.34. The van der Waals surface area contributed by atoms with Gasteiger partial charge in [-0.1, -0.05) is 0 Å². The molecule has 20 heavy (non-hydrogen) atoms. The van der Waals surface area contributed by atoms with E-state index < -0.39 is 0 Å². The van der Waals surface area contributed by atoms with E-state index in [2.05, 4.69) is 36.7 Å². The Bertz CT molecular complexity index is 444. The first-order chi connectivity index (χ1) is 9.44. The number of hydrogen-bond donors (Lipinski definition) is 3. The minimum atomic E-state index is 0.151. The molecule has 1 saturated carbocycles. The molecule has 0 spiro atoms. The number of nitrogens with one attached hydrogen (secondary N) is 3. The molecule has 1 aliphatic carbocycles. The Labute approximate surface area is 121 Å². The van der Waals surface area contributed by atoms with E-state index in [1.807, 2.05) is 24.3 Å². The van der Waals surface area contributed by atoms with E-state index in [1.165, 1.54) is 0 Å². The van der Waals surface area contributed by atoms with Crippen LogP contribution in [0.15, 0.2) is 24.3 Å². The van der Waals surface area contributed by atoms with Crippen LogP contribution in [0.5, 0.6) is 0 Å². The normalized spacial score (nSPS) is 14.9. The Kier molecular flexibility index (Phi) is 4.65. The van der Waals surface area contributed by atoms with Crippen molar-refractivity contribution >= 4 is 17.3 Å². The van der Waals surface area contributed by atoms with Crippen molar-refractivity contribution < 1.29 is 4.79 Å². The predicted molar refractivity (Wildman–Crippen MR) is 84.0 cm³/mol. The van der Waals surface area contributed by atoms with Gasteiger partial charge in [-0.3, -0.25) is 4.79 Å². The lowest BCUT2D eigenvalue weighted by molar-refractivity contribution is -0.117. The summed E-state index contributed by atoms with van der Waals surface area (Å²) in [5, 5.41) is 9.73. The standard InChI is InChI=1S/C16H25N3O/c1-16(2,3)18-11-10-17-13-6-8-14(9-7-13)19-15(20)12-4-5-12/h6-9,12,17-18H,4-5,10-11H2,1-3H3,(H,19,20). The highest BCUT2D eigenvalue weighted by Crippen LogP contribution is 2.30. The highest BCUT2D eigenvalue weighted by Gasteiger charge is 2.29. The molecule has 0 atom stereocenters. The molecule has 0 aliphatic heterocycles. The molecule has 0 radical (unpaired) electrons. The number of carbonyl (C=O) groups excluding carboxylic acids is 1. The summed E-state index contributed by atoms with van der Waals surface area (Å²) >= 11 is 0. The van der Waals surface area contributed by atoms with Gasteiger partial charge in [0.1, 0.15) is 0 Å². The van der Waals surface area contributed by atoms with Gasteiger partial charge in [-0.25, -0.2) is 0 Å². The van der Waals surface area contributed by atoms with Crippen LogP contribution in [-0.2, 0) is 4.79 Å². The van der Waals surface area contributed by atoms with Crippen LogP contribution in [-0.4, -0.2) is 24.5 Å². The summed E-state index contributed by atoms with van der Waals surface area (Å²) in [5.74, 6) is 0.399. The zero-order valence-corrected chi connectivity index (χ0v) is 12.6. The third-order valence-corrected chi connectivity index (χ3v) is 3.21.